The van der Waals surface area contributed by atoms with E-state index in [9.17, 15) is 13.2 Å². The standard InChI is InChI=1S/C25H41N3O7S/c1-17-12-20(32-7)22-25(4,35-22)23(17)36(30,31)28-16-24(2,3)34-14-19(28)13-33-15-21(29)27-10-8-18(9-11-27)26(5)6/h12,18-19,22H,8-11,13-16H2,1-7H3/t19-,22?,25?/m1/s1. The molecule has 36 heavy (non-hydrogen) atoms. The Morgan fingerprint density at radius 2 is 1.89 bits per heavy atom. The molecule has 3 heterocycles. The Bertz CT molecular complexity index is 1030. The molecule has 3 aliphatic heterocycles. The predicted octanol–water partition coefficient (Wildman–Crippen LogP) is 1.34. The van der Waals surface area contributed by atoms with E-state index in [1.807, 2.05) is 18.7 Å². The number of morpholine rings is 1. The Labute approximate surface area is 215 Å². The number of carbonyl (C=O) groups excluding carboxylic acids is 1. The Hall–Kier alpha value is -1.50. The van der Waals surface area contributed by atoms with Gasteiger partial charge in [0.25, 0.3) is 0 Å². The van der Waals surface area contributed by atoms with Gasteiger partial charge in [-0.3, -0.25) is 4.79 Å². The Balaban J connectivity index is 1.44. The van der Waals surface area contributed by atoms with E-state index in [4.69, 9.17) is 18.9 Å². The van der Waals surface area contributed by atoms with Crippen LogP contribution >= 0.6 is 0 Å². The number of likely N-dealkylation sites (tertiary alicyclic amines) is 1. The summed E-state index contributed by atoms with van der Waals surface area (Å²) in [6.07, 6.45) is 3.20. The lowest BCUT2D eigenvalue weighted by atomic mass is 9.97. The number of amides is 1. The lowest BCUT2D eigenvalue weighted by Crippen LogP contribution is -2.58. The summed E-state index contributed by atoms with van der Waals surface area (Å²) in [4.78, 5) is 17.0. The van der Waals surface area contributed by atoms with Gasteiger partial charge in [0.1, 0.15) is 24.1 Å². The zero-order valence-corrected chi connectivity index (χ0v) is 23.4. The quantitative estimate of drug-likeness (QED) is 0.436. The number of rotatable bonds is 8. The lowest BCUT2D eigenvalue weighted by Gasteiger charge is -2.43. The minimum atomic E-state index is -3.91. The number of nitrogens with zero attached hydrogens (tertiary/aromatic N) is 3. The van der Waals surface area contributed by atoms with Crippen LogP contribution in [0.5, 0.6) is 0 Å². The van der Waals surface area contributed by atoms with E-state index < -0.39 is 33.4 Å². The Kier molecular flexibility index (Phi) is 7.64. The molecule has 1 amide bonds. The molecule has 4 aliphatic rings. The van der Waals surface area contributed by atoms with Crippen molar-refractivity contribution in [2.24, 2.45) is 0 Å². The third-order valence-electron chi connectivity index (χ3n) is 7.73. The van der Waals surface area contributed by atoms with Crippen LogP contribution in [-0.4, -0.2) is 118 Å². The van der Waals surface area contributed by atoms with Gasteiger partial charge in [-0.05, 0) is 66.3 Å². The second-order valence-corrected chi connectivity index (χ2v) is 13.1. The van der Waals surface area contributed by atoms with Crippen molar-refractivity contribution in [1.29, 1.82) is 0 Å². The van der Waals surface area contributed by atoms with Crippen LogP contribution in [0.15, 0.2) is 22.3 Å². The fourth-order valence-electron chi connectivity index (χ4n) is 5.57. The largest absolute Gasteiger partial charge is 0.498 e. The van der Waals surface area contributed by atoms with Crippen molar-refractivity contribution in [1.82, 2.24) is 14.1 Å². The lowest BCUT2D eigenvalue weighted by molar-refractivity contribution is -0.140. The summed E-state index contributed by atoms with van der Waals surface area (Å²) in [5, 5.41) is 0. The Morgan fingerprint density at radius 3 is 2.50 bits per heavy atom. The molecule has 0 aromatic carbocycles. The van der Waals surface area contributed by atoms with Gasteiger partial charge in [-0.25, -0.2) is 8.42 Å². The third kappa shape index (κ3) is 5.23. The van der Waals surface area contributed by atoms with E-state index in [0.29, 0.717) is 30.5 Å². The smallest absolute Gasteiger partial charge is 0.248 e. The molecule has 0 saturated carbocycles. The fourth-order valence-corrected chi connectivity index (χ4v) is 7.94. The van der Waals surface area contributed by atoms with E-state index >= 15 is 0 Å². The summed E-state index contributed by atoms with van der Waals surface area (Å²) in [6, 6.07) is -0.0649. The molecule has 0 bridgehead atoms. The van der Waals surface area contributed by atoms with Gasteiger partial charge in [0.05, 0.1) is 36.9 Å². The van der Waals surface area contributed by atoms with Crippen LogP contribution < -0.4 is 0 Å². The van der Waals surface area contributed by atoms with Gasteiger partial charge in [0.15, 0.2) is 0 Å². The predicted molar refractivity (Wildman–Crippen MR) is 135 cm³/mol. The highest BCUT2D eigenvalue weighted by atomic mass is 32.2. The zero-order chi connectivity index (χ0) is 26.5. The average molecular weight is 528 g/mol. The molecule has 1 aliphatic carbocycles. The van der Waals surface area contributed by atoms with Crippen LogP contribution in [0.2, 0.25) is 0 Å². The van der Waals surface area contributed by atoms with Gasteiger partial charge in [0, 0.05) is 25.7 Å². The SMILES string of the molecule is COC1=CC(C)=C(S(=O)(=O)N2CC(C)(C)OC[C@H]2COCC(=O)N2CCC(N(C)C)CC2)C2(C)OC12. The molecule has 0 aromatic heterocycles. The van der Waals surface area contributed by atoms with E-state index in [-0.39, 0.29) is 37.2 Å². The molecule has 11 heteroatoms. The highest BCUT2D eigenvalue weighted by Gasteiger charge is 2.65. The van der Waals surface area contributed by atoms with E-state index in [1.54, 1.807) is 27.0 Å². The van der Waals surface area contributed by atoms with Crippen LogP contribution in [0.4, 0.5) is 0 Å². The second kappa shape index (κ2) is 9.99. The summed E-state index contributed by atoms with van der Waals surface area (Å²) in [5.41, 5.74) is -1.01. The summed E-state index contributed by atoms with van der Waals surface area (Å²) in [5.74, 6) is 0.563. The number of sulfonamides is 1. The molecule has 2 unspecified atom stereocenters. The van der Waals surface area contributed by atoms with Crippen molar-refractivity contribution >= 4 is 15.9 Å². The van der Waals surface area contributed by atoms with Crippen LogP contribution in [-0.2, 0) is 33.8 Å². The molecule has 3 saturated heterocycles. The number of epoxide rings is 1. The Morgan fingerprint density at radius 1 is 1.22 bits per heavy atom. The summed E-state index contributed by atoms with van der Waals surface area (Å²) in [6.45, 7) is 9.06. The zero-order valence-electron chi connectivity index (χ0n) is 22.6. The molecule has 3 fully saturated rings. The molecular weight excluding hydrogens is 486 g/mol. The highest BCUT2D eigenvalue weighted by molar-refractivity contribution is 7.93. The minimum Gasteiger partial charge on any atom is -0.498 e. The van der Waals surface area contributed by atoms with Crippen LogP contribution in [0, 0.1) is 0 Å². The van der Waals surface area contributed by atoms with E-state index in [0.717, 1.165) is 12.8 Å². The van der Waals surface area contributed by atoms with Crippen molar-refractivity contribution in [3.63, 3.8) is 0 Å². The maximum absolute atomic E-state index is 14.0. The molecule has 4 rings (SSSR count). The number of fused-ring (bicyclic) bond motifs is 1. The molecule has 0 N–H and O–H groups in total. The monoisotopic (exact) mass is 527 g/mol. The van der Waals surface area contributed by atoms with Gasteiger partial charge < -0.3 is 28.7 Å². The number of ether oxygens (including phenoxy) is 4. The molecule has 0 spiro atoms. The van der Waals surface area contributed by atoms with Crippen LogP contribution in [0.3, 0.4) is 0 Å². The van der Waals surface area contributed by atoms with Gasteiger partial charge in [0.2, 0.25) is 15.9 Å². The molecule has 10 nitrogen and oxygen atoms in total. The van der Waals surface area contributed by atoms with E-state index in [2.05, 4.69) is 19.0 Å². The third-order valence-corrected chi connectivity index (χ3v) is 10.0. The first-order valence-electron chi connectivity index (χ1n) is 12.6. The fraction of sp³-hybridized carbons (Fsp3) is 0.800. The second-order valence-electron chi connectivity index (χ2n) is 11.2. The summed E-state index contributed by atoms with van der Waals surface area (Å²) >= 11 is 0. The highest BCUT2D eigenvalue weighted by Crippen LogP contribution is 2.53. The first-order chi connectivity index (χ1) is 16.8. The molecule has 3 atom stereocenters. The maximum Gasteiger partial charge on any atom is 0.248 e. The minimum absolute atomic E-state index is 0.0662. The van der Waals surface area contributed by atoms with Gasteiger partial charge >= 0.3 is 0 Å². The molecule has 0 aromatic rings. The topological polar surface area (TPSA) is 101 Å². The number of methoxy groups -OCH3 is 1. The van der Waals surface area contributed by atoms with Crippen molar-refractivity contribution < 1.29 is 32.2 Å². The van der Waals surface area contributed by atoms with Crippen molar-refractivity contribution in [2.75, 3.05) is 60.7 Å². The number of carbonyl (C=O) groups is 1. The molecular formula is C25H41N3O7S. The summed E-state index contributed by atoms with van der Waals surface area (Å²) < 4.78 is 52.6. The first kappa shape index (κ1) is 27.5. The van der Waals surface area contributed by atoms with Gasteiger partial charge in [-0.15, -0.1) is 0 Å². The molecule has 0 radical (unpaired) electrons. The maximum atomic E-state index is 14.0. The summed E-state index contributed by atoms with van der Waals surface area (Å²) in [7, 11) is 1.77. The van der Waals surface area contributed by atoms with Crippen molar-refractivity contribution in [2.45, 2.75) is 69.9 Å². The van der Waals surface area contributed by atoms with Gasteiger partial charge in [-0.1, -0.05) is 0 Å². The number of hydrogen-bond donors (Lipinski definition) is 0. The first-order valence-corrected chi connectivity index (χ1v) is 14.1. The normalized spacial score (nSPS) is 31.3. The number of hydrogen-bond acceptors (Lipinski definition) is 8. The van der Waals surface area contributed by atoms with Crippen LogP contribution in [0.1, 0.15) is 40.5 Å². The van der Waals surface area contributed by atoms with Crippen LogP contribution in [0.25, 0.3) is 0 Å². The van der Waals surface area contributed by atoms with Crippen molar-refractivity contribution in [3.8, 4) is 0 Å². The van der Waals surface area contributed by atoms with E-state index in [1.165, 1.54) is 4.31 Å². The van der Waals surface area contributed by atoms with Crippen molar-refractivity contribution in [3.05, 3.63) is 22.3 Å². The number of piperidine rings is 1. The van der Waals surface area contributed by atoms with Gasteiger partial charge in [-0.2, -0.15) is 4.31 Å². The number of allylic oxidation sites excluding steroid dienone is 2. The molecule has 204 valence electrons. The average Bonchev–Trinajstić information content (AvgIpc) is 3.50.